The lowest BCUT2D eigenvalue weighted by molar-refractivity contribution is 0.0698. The van der Waals surface area contributed by atoms with Gasteiger partial charge in [0.1, 0.15) is 5.56 Å². The highest BCUT2D eigenvalue weighted by atomic mass is 35.5. The normalized spacial score (nSPS) is 10.2. The summed E-state index contributed by atoms with van der Waals surface area (Å²) in [6.07, 6.45) is 1.18. The standard InChI is InChI=1S/C13H7Cl2FN2O3/c14-7-3-4-8(15)10(9(7)13(20)21)18-12(19)6-2-1-5-17-11(6)16/h1-5H,(H,18,19)(H,20,21). The molecule has 21 heavy (non-hydrogen) atoms. The number of carboxylic acid groups (broad SMARTS) is 1. The van der Waals surface area contributed by atoms with E-state index in [4.69, 9.17) is 28.3 Å². The van der Waals surface area contributed by atoms with Crippen LogP contribution < -0.4 is 5.32 Å². The van der Waals surface area contributed by atoms with Crippen LogP contribution in [-0.2, 0) is 0 Å². The Hall–Kier alpha value is -2.18. The topological polar surface area (TPSA) is 79.3 Å². The van der Waals surface area contributed by atoms with Crippen molar-refractivity contribution < 1.29 is 19.1 Å². The molecule has 1 aromatic carbocycles. The van der Waals surface area contributed by atoms with Gasteiger partial charge in [0.05, 0.1) is 21.3 Å². The number of nitrogens with one attached hydrogen (secondary N) is 1. The highest BCUT2D eigenvalue weighted by Gasteiger charge is 2.21. The molecule has 0 aliphatic carbocycles. The third kappa shape index (κ3) is 3.12. The number of carbonyl (C=O) groups excluding carboxylic acids is 1. The zero-order chi connectivity index (χ0) is 15.6. The van der Waals surface area contributed by atoms with Crippen molar-refractivity contribution in [2.45, 2.75) is 0 Å². The van der Waals surface area contributed by atoms with Crippen LogP contribution in [0, 0.1) is 5.95 Å². The maximum Gasteiger partial charge on any atom is 0.339 e. The zero-order valence-corrected chi connectivity index (χ0v) is 11.7. The molecule has 108 valence electrons. The minimum Gasteiger partial charge on any atom is -0.478 e. The van der Waals surface area contributed by atoms with Gasteiger partial charge in [-0.05, 0) is 24.3 Å². The fourth-order valence-electron chi connectivity index (χ4n) is 1.62. The SMILES string of the molecule is O=C(Nc1c(Cl)ccc(Cl)c1C(=O)O)c1cccnc1F. The van der Waals surface area contributed by atoms with Crippen LogP contribution in [0.25, 0.3) is 0 Å². The molecule has 5 nitrogen and oxygen atoms in total. The Morgan fingerprint density at radius 3 is 2.48 bits per heavy atom. The molecule has 0 atom stereocenters. The molecular formula is C13H7Cl2FN2O3. The van der Waals surface area contributed by atoms with Crippen LogP contribution in [0.1, 0.15) is 20.7 Å². The quantitative estimate of drug-likeness (QED) is 0.845. The van der Waals surface area contributed by atoms with E-state index in [9.17, 15) is 14.0 Å². The Labute approximate surface area is 128 Å². The number of pyridine rings is 1. The van der Waals surface area contributed by atoms with Crippen LogP contribution in [0.3, 0.4) is 0 Å². The fourth-order valence-corrected chi connectivity index (χ4v) is 2.06. The summed E-state index contributed by atoms with van der Waals surface area (Å²) in [7, 11) is 0. The largest absolute Gasteiger partial charge is 0.478 e. The second-order valence-electron chi connectivity index (χ2n) is 3.88. The Balaban J connectivity index is 2.45. The summed E-state index contributed by atoms with van der Waals surface area (Å²) in [6.45, 7) is 0. The highest BCUT2D eigenvalue weighted by Crippen LogP contribution is 2.32. The lowest BCUT2D eigenvalue weighted by Crippen LogP contribution is -2.17. The summed E-state index contributed by atoms with van der Waals surface area (Å²) in [5.41, 5.74) is -0.920. The number of benzene rings is 1. The van der Waals surface area contributed by atoms with Crippen molar-refractivity contribution in [3.8, 4) is 0 Å². The number of aromatic carboxylic acids is 1. The van der Waals surface area contributed by atoms with Gasteiger partial charge in [-0.25, -0.2) is 9.78 Å². The molecule has 1 aromatic heterocycles. The van der Waals surface area contributed by atoms with Gasteiger partial charge in [-0.2, -0.15) is 4.39 Å². The van der Waals surface area contributed by atoms with Gasteiger partial charge in [-0.1, -0.05) is 23.2 Å². The van der Waals surface area contributed by atoms with Crippen LogP contribution >= 0.6 is 23.2 Å². The number of rotatable bonds is 3. The number of amides is 1. The highest BCUT2D eigenvalue weighted by molar-refractivity contribution is 6.38. The summed E-state index contributed by atoms with van der Waals surface area (Å²) in [4.78, 5) is 26.5. The molecule has 2 N–H and O–H groups in total. The smallest absolute Gasteiger partial charge is 0.339 e. The molecule has 0 unspecified atom stereocenters. The Morgan fingerprint density at radius 1 is 1.19 bits per heavy atom. The molecule has 0 spiro atoms. The van der Waals surface area contributed by atoms with E-state index in [2.05, 4.69) is 10.3 Å². The monoisotopic (exact) mass is 328 g/mol. The number of anilines is 1. The van der Waals surface area contributed by atoms with Crippen molar-refractivity contribution in [1.29, 1.82) is 0 Å². The average Bonchev–Trinajstić information content (AvgIpc) is 2.43. The van der Waals surface area contributed by atoms with E-state index in [-0.39, 0.29) is 26.9 Å². The van der Waals surface area contributed by atoms with Crippen LogP contribution in [0.2, 0.25) is 10.0 Å². The first kappa shape index (κ1) is 15.2. The molecule has 8 heteroatoms. The third-order valence-corrected chi connectivity index (χ3v) is 3.19. The molecule has 0 bridgehead atoms. The van der Waals surface area contributed by atoms with Gasteiger partial charge in [0.2, 0.25) is 5.95 Å². The summed E-state index contributed by atoms with van der Waals surface area (Å²) >= 11 is 11.7. The zero-order valence-electron chi connectivity index (χ0n) is 10.2. The van der Waals surface area contributed by atoms with Crippen LogP contribution in [0.5, 0.6) is 0 Å². The first-order valence-corrected chi connectivity index (χ1v) is 6.30. The predicted octanol–water partition coefficient (Wildman–Crippen LogP) is 3.48. The Morgan fingerprint density at radius 2 is 1.86 bits per heavy atom. The van der Waals surface area contributed by atoms with E-state index in [1.165, 1.54) is 30.5 Å². The first-order chi connectivity index (χ1) is 9.91. The predicted molar refractivity (Wildman–Crippen MR) is 75.6 cm³/mol. The summed E-state index contributed by atoms with van der Waals surface area (Å²) in [5.74, 6) is -3.23. The molecule has 0 fully saturated rings. The number of aromatic nitrogens is 1. The molecule has 0 aliphatic rings. The van der Waals surface area contributed by atoms with Gasteiger partial charge in [0, 0.05) is 6.20 Å². The molecule has 1 amide bonds. The van der Waals surface area contributed by atoms with Gasteiger partial charge in [0.15, 0.2) is 0 Å². The maximum absolute atomic E-state index is 13.4. The van der Waals surface area contributed by atoms with Crippen molar-refractivity contribution in [3.05, 3.63) is 57.6 Å². The molecule has 0 saturated carbocycles. The van der Waals surface area contributed by atoms with E-state index in [1.807, 2.05) is 0 Å². The number of carbonyl (C=O) groups is 2. The van der Waals surface area contributed by atoms with Crippen molar-refractivity contribution in [2.75, 3.05) is 5.32 Å². The average molecular weight is 329 g/mol. The summed E-state index contributed by atoms with van der Waals surface area (Å²) in [5, 5.41) is 11.2. The van der Waals surface area contributed by atoms with E-state index in [1.54, 1.807) is 0 Å². The summed E-state index contributed by atoms with van der Waals surface area (Å²) < 4.78 is 13.4. The van der Waals surface area contributed by atoms with Crippen LogP contribution in [-0.4, -0.2) is 22.0 Å². The second-order valence-corrected chi connectivity index (χ2v) is 4.69. The minimum absolute atomic E-state index is 0.0329. The van der Waals surface area contributed by atoms with Crippen molar-refractivity contribution in [3.63, 3.8) is 0 Å². The second kappa shape index (κ2) is 6.07. The molecule has 0 aliphatic heterocycles. The lowest BCUT2D eigenvalue weighted by atomic mass is 10.1. The van der Waals surface area contributed by atoms with E-state index >= 15 is 0 Å². The fraction of sp³-hybridized carbons (Fsp3) is 0. The summed E-state index contributed by atoms with van der Waals surface area (Å²) in [6, 6.07) is 5.19. The van der Waals surface area contributed by atoms with E-state index < -0.39 is 17.8 Å². The first-order valence-electron chi connectivity index (χ1n) is 5.55. The lowest BCUT2D eigenvalue weighted by Gasteiger charge is -2.11. The van der Waals surface area contributed by atoms with Crippen molar-refractivity contribution >= 4 is 40.8 Å². The van der Waals surface area contributed by atoms with Gasteiger partial charge < -0.3 is 10.4 Å². The van der Waals surface area contributed by atoms with E-state index in [0.29, 0.717) is 0 Å². The molecule has 1 heterocycles. The molecular weight excluding hydrogens is 322 g/mol. The molecule has 2 aromatic rings. The van der Waals surface area contributed by atoms with Crippen LogP contribution in [0.4, 0.5) is 10.1 Å². The number of hydrogen-bond acceptors (Lipinski definition) is 3. The van der Waals surface area contributed by atoms with Gasteiger partial charge >= 0.3 is 5.97 Å². The van der Waals surface area contributed by atoms with Crippen molar-refractivity contribution in [1.82, 2.24) is 4.98 Å². The van der Waals surface area contributed by atoms with Crippen molar-refractivity contribution in [2.24, 2.45) is 0 Å². The number of hydrogen-bond donors (Lipinski definition) is 2. The number of halogens is 3. The Bertz CT molecular complexity index is 737. The van der Waals surface area contributed by atoms with Gasteiger partial charge in [-0.3, -0.25) is 4.79 Å². The van der Waals surface area contributed by atoms with E-state index in [0.717, 1.165) is 0 Å². The molecule has 2 rings (SSSR count). The maximum atomic E-state index is 13.4. The minimum atomic E-state index is -1.37. The van der Waals surface area contributed by atoms with Crippen LogP contribution in [0.15, 0.2) is 30.5 Å². The Kier molecular flexibility index (Phi) is 4.40. The number of carboxylic acids is 1. The molecule has 0 saturated heterocycles. The number of nitrogens with zero attached hydrogens (tertiary/aromatic N) is 1. The van der Waals surface area contributed by atoms with Gasteiger partial charge in [0.25, 0.3) is 5.91 Å². The molecule has 0 radical (unpaired) electrons. The van der Waals surface area contributed by atoms with Gasteiger partial charge in [-0.15, -0.1) is 0 Å². The third-order valence-electron chi connectivity index (χ3n) is 2.56.